The molecule has 4 nitrogen and oxygen atoms in total. The minimum absolute atomic E-state index is 0.706. The van der Waals surface area contributed by atoms with E-state index in [2.05, 4.69) is 28.8 Å². The monoisotopic (exact) mass is 251 g/mol. The van der Waals surface area contributed by atoms with Crippen molar-refractivity contribution in [3.63, 3.8) is 0 Å². The quantitative estimate of drug-likeness (QED) is 0.808. The number of aromatic nitrogens is 2. The molecule has 1 saturated heterocycles. The molecule has 0 radical (unpaired) electrons. The molecular formula is C14H25N3O. The molecule has 0 spiro atoms. The Hall–Kier alpha value is -0.870. The molecule has 1 aliphatic heterocycles. The molecule has 1 fully saturated rings. The Morgan fingerprint density at radius 1 is 1.56 bits per heavy atom. The number of ether oxygens (including phenoxy) is 1. The van der Waals surface area contributed by atoms with Crippen LogP contribution in [0.5, 0.6) is 0 Å². The number of hydrogen-bond acceptors (Lipinski definition) is 3. The second-order valence-corrected chi connectivity index (χ2v) is 5.39. The average molecular weight is 251 g/mol. The number of hydrogen-bond donors (Lipinski definition) is 1. The van der Waals surface area contributed by atoms with Gasteiger partial charge in [-0.15, -0.1) is 0 Å². The Bertz CT molecular complexity index is 345. The fourth-order valence-electron chi connectivity index (χ4n) is 2.48. The van der Waals surface area contributed by atoms with E-state index < -0.39 is 0 Å². The Balaban J connectivity index is 1.75. The van der Waals surface area contributed by atoms with Crippen LogP contribution in [-0.4, -0.2) is 41.7 Å². The van der Waals surface area contributed by atoms with Crippen molar-refractivity contribution in [3.8, 4) is 0 Å². The van der Waals surface area contributed by atoms with Crippen LogP contribution in [-0.2, 0) is 17.7 Å². The molecule has 0 bridgehead atoms. The van der Waals surface area contributed by atoms with Crippen LogP contribution < -0.4 is 0 Å². The van der Waals surface area contributed by atoms with Gasteiger partial charge in [0.1, 0.15) is 5.82 Å². The van der Waals surface area contributed by atoms with E-state index in [0.717, 1.165) is 38.5 Å². The first-order chi connectivity index (χ1) is 8.78. The molecule has 18 heavy (non-hydrogen) atoms. The van der Waals surface area contributed by atoms with Crippen LogP contribution in [0.4, 0.5) is 0 Å². The second kappa shape index (κ2) is 6.90. The molecule has 2 heterocycles. The van der Waals surface area contributed by atoms with Crippen molar-refractivity contribution in [2.75, 3.05) is 26.8 Å². The average Bonchev–Trinajstić information content (AvgIpc) is 2.98. The van der Waals surface area contributed by atoms with E-state index in [1.54, 1.807) is 0 Å². The number of imidazole rings is 1. The lowest BCUT2D eigenvalue weighted by atomic mass is 10.1. The van der Waals surface area contributed by atoms with E-state index in [1.165, 1.54) is 25.0 Å². The van der Waals surface area contributed by atoms with Gasteiger partial charge in [0.05, 0.1) is 6.61 Å². The van der Waals surface area contributed by atoms with E-state index in [9.17, 15) is 0 Å². The van der Waals surface area contributed by atoms with Gasteiger partial charge >= 0.3 is 0 Å². The van der Waals surface area contributed by atoms with Gasteiger partial charge < -0.3 is 14.6 Å². The van der Waals surface area contributed by atoms with Gasteiger partial charge in [0, 0.05) is 38.0 Å². The largest absolute Gasteiger partial charge is 0.381 e. The van der Waals surface area contributed by atoms with E-state index in [0.29, 0.717) is 5.92 Å². The van der Waals surface area contributed by atoms with Crippen LogP contribution >= 0.6 is 0 Å². The van der Waals surface area contributed by atoms with Crippen LogP contribution in [0.1, 0.15) is 37.7 Å². The zero-order chi connectivity index (χ0) is 12.8. The zero-order valence-electron chi connectivity index (χ0n) is 11.6. The summed E-state index contributed by atoms with van der Waals surface area (Å²) in [5.74, 6) is 1.84. The van der Waals surface area contributed by atoms with Crippen LogP contribution in [0, 0.1) is 5.92 Å². The van der Waals surface area contributed by atoms with Crippen LogP contribution in [0.25, 0.3) is 0 Å². The van der Waals surface area contributed by atoms with Crippen molar-refractivity contribution in [2.45, 2.75) is 39.2 Å². The van der Waals surface area contributed by atoms with Gasteiger partial charge in [0.25, 0.3) is 0 Å². The molecule has 4 heteroatoms. The van der Waals surface area contributed by atoms with Gasteiger partial charge in [0.2, 0.25) is 0 Å². The fourth-order valence-corrected chi connectivity index (χ4v) is 2.48. The summed E-state index contributed by atoms with van der Waals surface area (Å²) >= 11 is 0. The van der Waals surface area contributed by atoms with Gasteiger partial charge in [-0.2, -0.15) is 0 Å². The summed E-state index contributed by atoms with van der Waals surface area (Å²) in [6, 6.07) is 0. The third-order valence-corrected chi connectivity index (χ3v) is 3.48. The number of aromatic amines is 1. The summed E-state index contributed by atoms with van der Waals surface area (Å²) in [4.78, 5) is 10.2. The topological polar surface area (TPSA) is 41.2 Å². The summed E-state index contributed by atoms with van der Waals surface area (Å²) in [5.41, 5.74) is 1.22. The zero-order valence-corrected chi connectivity index (χ0v) is 11.6. The third kappa shape index (κ3) is 4.10. The van der Waals surface area contributed by atoms with Gasteiger partial charge in [-0.1, -0.05) is 13.3 Å². The first-order valence-electron chi connectivity index (χ1n) is 7.07. The van der Waals surface area contributed by atoms with E-state index >= 15 is 0 Å². The number of H-pyrrole nitrogens is 1. The first-order valence-corrected chi connectivity index (χ1v) is 7.07. The maximum atomic E-state index is 5.41. The molecular weight excluding hydrogens is 226 g/mol. The van der Waals surface area contributed by atoms with Gasteiger partial charge in [-0.05, 0) is 25.8 Å². The van der Waals surface area contributed by atoms with Gasteiger partial charge in [-0.3, -0.25) is 0 Å². The molecule has 1 aromatic rings. The highest BCUT2D eigenvalue weighted by Crippen LogP contribution is 2.14. The molecule has 2 rings (SSSR count). The van der Waals surface area contributed by atoms with Crippen molar-refractivity contribution < 1.29 is 4.74 Å². The summed E-state index contributed by atoms with van der Waals surface area (Å²) in [6.07, 6.45) is 6.68. The van der Waals surface area contributed by atoms with E-state index in [4.69, 9.17) is 4.74 Å². The lowest BCUT2D eigenvalue weighted by Crippen LogP contribution is -2.25. The lowest BCUT2D eigenvalue weighted by molar-refractivity contribution is 0.172. The highest BCUT2D eigenvalue weighted by atomic mass is 16.5. The first kappa shape index (κ1) is 13.6. The highest BCUT2D eigenvalue weighted by Gasteiger charge is 2.17. The molecule has 0 saturated carbocycles. The SMILES string of the molecule is CCCCc1ncc(CN(C)CC2CCOC2)[nH]1. The van der Waals surface area contributed by atoms with E-state index in [-0.39, 0.29) is 0 Å². The van der Waals surface area contributed by atoms with Crippen molar-refractivity contribution in [2.24, 2.45) is 5.92 Å². The number of nitrogens with one attached hydrogen (secondary N) is 1. The Kier molecular flexibility index (Phi) is 5.20. The molecule has 0 amide bonds. The summed E-state index contributed by atoms with van der Waals surface area (Å²) in [5, 5.41) is 0. The molecule has 1 aromatic heterocycles. The van der Waals surface area contributed by atoms with E-state index in [1.807, 2.05) is 6.20 Å². The highest BCUT2D eigenvalue weighted by molar-refractivity contribution is 5.01. The van der Waals surface area contributed by atoms with Crippen LogP contribution in [0.3, 0.4) is 0 Å². The smallest absolute Gasteiger partial charge is 0.106 e. The third-order valence-electron chi connectivity index (χ3n) is 3.48. The summed E-state index contributed by atoms with van der Waals surface area (Å²) in [7, 11) is 2.17. The molecule has 0 aromatic carbocycles. The lowest BCUT2D eigenvalue weighted by Gasteiger charge is -2.18. The maximum Gasteiger partial charge on any atom is 0.106 e. The normalized spacial score (nSPS) is 19.8. The fraction of sp³-hybridized carbons (Fsp3) is 0.786. The van der Waals surface area contributed by atoms with Crippen molar-refractivity contribution in [1.29, 1.82) is 0 Å². The molecule has 1 N–H and O–H groups in total. The number of unbranched alkanes of at least 4 members (excludes halogenated alkanes) is 1. The van der Waals surface area contributed by atoms with Gasteiger partial charge in [-0.25, -0.2) is 4.98 Å². The van der Waals surface area contributed by atoms with Crippen LogP contribution in [0.15, 0.2) is 6.20 Å². The Labute approximate surface area is 110 Å². The molecule has 1 aliphatic rings. The van der Waals surface area contributed by atoms with Crippen molar-refractivity contribution >= 4 is 0 Å². The van der Waals surface area contributed by atoms with Gasteiger partial charge in [0.15, 0.2) is 0 Å². The number of nitrogens with zero attached hydrogens (tertiary/aromatic N) is 2. The van der Waals surface area contributed by atoms with Crippen LogP contribution in [0.2, 0.25) is 0 Å². The number of aryl methyl sites for hydroxylation is 1. The predicted molar refractivity (Wildman–Crippen MR) is 72.5 cm³/mol. The van der Waals surface area contributed by atoms with Crippen molar-refractivity contribution in [3.05, 3.63) is 17.7 Å². The predicted octanol–water partition coefficient (Wildman–Crippen LogP) is 2.22. The summed E-state index contributed by atoms with van der Waals surface area (Å²) < 4.78 is 5.41. The Morgan fingerprint density at radius 2 is 2.44 bits per heavy atom. The second-order valence-electron chi connectivity index (χ2n) is 5.39. The number of rotatable bonds is 7. The summed E-state index contributed by atoms with van der Waals surface area (Å²) in [6.45, 7) is 6.14. The molecule has 0 aliphatic carbocycles. The van der Waals surface area contributed by atoms with Crippen molar-refractivity contribution in [1.82, 2.24) is 14.9 Å². The molecule has 1 atom stereocenters. The minimum Gasteiger partial charge on any atom is -0.381 e. The minimum atomic E-state index is 0.706. The maximum absolute atomic E-state index is 5.41. The Morgan fingerprint density at radius 3 is 3.17 bits per heavy atom. The molecule has 1 unspecified atom stereocenters. The standard InChI is InChI=1S/C14H25N3O/c1-3-4-5-14-15-8-13(16-14)10-17(2)9-12-6-7-18-11-12/h8,12H,3-7,9-11H2,1-2H3,(H,15,16). The molecule has 102 valence electrons.